The quantitative estimate of drug-likeness (QED) is 0.157. The Labute approximate surface area is 225 Å². The van der Waals surface area contributed by atoms with Crippen LogP contribution >= 0.6 is 0 Å². The Morgan fingerprint density at radius 2 is 1.21 bits per heavy atom. The van der Waals surface area contributed by atoms with Crippen LogP contribution < -0.4 is 14.8 Å². The molecule has 1 aromatic rings. The zero-order valence-electron chi connectivity index (χ0n) is 22.4. The van der Waals surface area contributed by atoms with Gasteiger partial charge in [0.15, 0.2) is 11.5 Å². The lowest BCUT2D eigenvalue weighted by molar-refractivity contribution is 0.0938. The zero-order valence-corrected chi connectivity index (χ0v) is 22.4. The zero-order chi connectivity index (χ0) is 26.3. The number of epoxide rings is 3. The number of carbonyl (C=O) groups is 1. The van der Waals surface area contributed by atoms with E-state index in [-0.39, 0.29) is 24.2 Å². The average Bonchev–Trinajstić information content (AvgIpc) is 3.76. The summed E-state index contributed by atoms with van der Waals surface area (Å²) in [6.45, 7) is 7.98. The minimum absolute atomic E-state index is 0.166. The van der Waals surface area contributed by atoms with Crippen molar-refractivity contribution in [3.05, 3.63) is 23.8 Å². The summed E-state index contributed by atoms with van der Waals surface area (Å²) in [6.07, 6.45) is 5.99. The van der Waals surface area contributed by atoms with Gasteiger partial charge >= 0.3 is 0 Å². The van der Waals surface area contributed by atoms with Gasteiger partial charge in [0, 0.05) is 26.4 Å². The number of amides is 1. The fourth-order valence-electron chi connectivity index (χ4n) is 3.69. The number of rotatable bonds is 24. The molecule has 0 spiro atoms. The van der Waals surface area contributed by atoms with Gasteiger partial charge in [0.05, 0.1) is 58.4 Å². The molecular formula is C28H43NO9. The maximum Gasteiger partial charge on any atom is 0.255 e. The van der Waals surface area contributed by atoms with Crippen LogP contribution in [0, 0.1) is 0 Å². The first kappa shape index (κ1) is 29.0. The highest BCUT2D eigenvalue weighted by atomic mass is 16.6. The van der Waals surface area contributed by atoms with Crippen LogP contribution in [0.15, 0.2) is 18.2 Å². The lowest BCUT2D eigenvalue weighted by Crippen LogP contribution is -2.25. The van der Waals surface area contributed by atoms with Crippen molar-refractivity contribution >= 4 is 5.91 Å². The van der Waals surface area contributed by atoms with Crippen molar-refractivity contribution in [3.63, 3.8) is 0 Å². The molecule has 0 saturated carbocycles. The van der Waals surface area contributed by atoms with Crippen LogP contribution in [-0.2, 0) is 28.4 Å². The first-order chi connectivity index (χ1) is 18.8. The molecule has 10 heteroatoms. The number of benzene rings is 1. The Balaban J connectivity index is 1.18. The van der Waals surface area contributed by atoms with Crippen molar-refractivity contribution in [2.24, 2.45) is 0 Å². The lowest BCUT2D eigenvalue weighted by Gasteiger charge is -2.17. The number of hydrogen-bond acceptors (Lipinski definition) is 9. The molecule has 0 radical (unpaired) electrons. The van der Waals surface area contributed by atoms with Gasteiger partial charge in [-0.25, -0.2) is 0 Å². The van der Waals surface area contributed by atoms with Crippen LogP contribution in [0.2, 0.25) is 0 Å². The van der Waals surface area contributed by atoms with Crippen molar-refractivity contribution in [2.45, 2.75) is 56.8 Å². The molecule has 3 atom stereocenters. The van der Waals surface area contributed by atoms with Gasteiger partial charge in [-0.05, 0) is 50.7 Å². The molecule has 0 aromatic heterocycles. The van der Waals surface area contributed by atoms with E-state index in [1.165, 1.54) is 0 Å². The summed E-state index contributed by atoms with van der Waals surface area (Å²) >= 11 is 0. The second kappa shape index (κ2) is 16.9. The van der Waals surface area contributed by atoms with Gasteiger partial charge in [0.25, 0.3) is 5.91 Å². The van der Waals surface area contributed by atoms with Crippen LogP contribution in [0.1, 0.15) is 48.9 Å². The molecule has 3 aliphatic heterocycles. The van der Waals surface area contributed by atoms with E-state index in [4.69, 9.17) is 37.9 Å². The predicted molar refractivity (Wildman–Crippen MR) is 139 cm³/mol. The highest BCUT2D eigenvalue weighted by molar-refractivity contribution is 5.97. The predicted octanol–water partition coefficient (Wildman–Crippen LogP) is 2.76. The SMILES string of the molecule is O=C(NCCCCOCC1CO1)c1cccc(OCCCCOCC2CO2)c1OCCCCOCC1CO1. The molecule has 3 heterocycles. The van der Waals surface area contributed by atoms with E-state index in [0.29, 0.717) is 76.5 Å². The number of carbonyl (C=O) groups excluding carboxylic acids is 1. The largest absolute Gasteiger partial charge is 0.490 e. The monoisotopic (exact) mass is 537 g/mol. The summed E-state index contributed by atoms with van der Waals surface area (Å²) in [5.74, 6) is 0.913. The van der Waals surface area contributed by atoms with E-state index in [2.05, 4.69) is 5.32 Å². The van der Waals surface area contributed by atoms with Crippen LogP contribution in [0.5, 0.6) is 11.5 Å². The summed E-state index contributed by atoms with van der Waals surface area (Å²) in [4.78, 5) is 13.0. The van der Waals surface area contributed by atoms with E-state index >= 15 is 0 Å². The number of ether oxygens (including phenoxy) is 8. The normalized spacial score (nSPS) is 21.2. The molecule has 1 amide bonds. The highest BCUT2D eigenvalue weighted by Crippen LogP contribution is 2.32. The number of hydrogen-bond donors (Lipinski definition) is 1. The van der Waals surface area contributed by atoms with Gasteiger partial charge in [0.2, 0.25) is 0 Å². The van der Waals surface area contributed by atoms with E-state index in [1.54, 1.807) is 6.07 Å². The third-order valence-corrected chi connectivity index (χ3v) is 6.21. The van der Waals surface area contributed by atoms with Gasteiger partial charge < -0.3 is 43.2 Å². The van der Waals surface area contributed by atoms with Crippen LogP contribution in [0.4, 0.5) is 0 Å². The lowest BCUT2D eigenvalue weighted by atomic mass is 10.1. The van der Waals surface area contributed by atoms with Gasteiger partial charge in [-0.2, -0.15) is 0 Å². The van der Waals surface area contributed by atoms with E-state index in [1.807, 2.05) is 12.1 Å². The minimum Gasteiger partial charge on any atom is -0.490 e. The number of para-hydroxylation sites is 1. The van der Waals surface area contributed by atoms with Crippen LogP contribution in [-0.4, -0.2) is 103 Å². The van der Waals surface area contributed by atoms with Crippen LogP contribution in [0.3, 0.4) is 0 Å². The first-order valence-corrected chi connectivity index (χ1v) is 14.0. The third kappa shape index (κ3) is 12.3. The fourth-order valence-corrected chi connectivity index (χ4v) is 3.69. The summed E-state index contributed by atoms with van der Waals surface area (Å²) in [5, 5.41) is 3.00. The third-order valence-electron chi connectivity index (χ3n) is 6.21. The topological polar surface area (TPSA) is 113 Å². The molecule has 3 saturated heterocycles. The van der Waals surface area contributed by atoms with Gasteiger partial charge in [-0.1, -0.05) is 6.07 Å². The molecule has 0 bridgehead atoms. The first-order valence-electron chi connectivity index (χ1n) is 14.0. The number of unbranched alkanes of at least 4 members (excludes halogenated alkanes) is 3. The molecule has 38 heavy (non-hydrogen) atoms. The Morgan fingerprint density at radius 1 is 0.711 bits per heavy atom. The molecular weight excluding hydrogens is 494 g/mol. The van der Waals surface area contributed by atoms with E-state index in [0.717, 1.165) is 58.3 Å². The van der Waals surface area contributed by atoms with Gasteiger partial charge in [-0.3, -0.25) is 4.79 Å². The van der Waals surface area contributed by atoms with Crippen molar-refractivity contribution in [1.82, 2.24) is 5.32 Å². The summed E-state index contributed by atoms with van der Waals surface area (Å²) in [7, 11) is 0. The maximum absolute atomic E-state index is 13.0. The molecule has 214 valence electrons. The Hall–Kier alpha value is -1.95. The van der Waals surface area contributed by atoms with Gasteiger partial charge in [0.1, 0.15) is 18.3 Å². The molecule has 4 rings (SSSR count). The van der Waals surface area contributed by atoms with Crippen molar-refractivity contribution in [2.75, 3.05) is 79.2 Å². The molecule has 0 aliphatic carbocycles. The van der Waals surface area contributed by atoms with E-state index in [9.17, 15) is 4.79 Å². The molecule has 1 N–H and O–H groups in total. The fraction of sp³-hybridized carbons (Fsp3) is 0.750. The summed E-state index contributed by atoms with van der Waals surface area (Å²) < 4.78 is 44.3. The highest BCUT2D eigenvalue weighted by Gasteiger charge is 2.23. The van der Waals surface area contributed by atoms with Gasteiger partial charge in [-0.15, -0.1) is 0 Å². The Morgan fingerprint density at radius 3 is 1.76 bits per heavy atom. The standard InChI is InChI=1S/C28H43NO9/c30-28(29-10-1-2-11-31-16-22-19-36-22)25-8-7-9-26(34-14-5-3-12-32-17-23-20-37-23)27(25)35-15-6-4-13-33-18-24-21-38-24/h7-9,22-24H,1-6,10-21H2,(H,29,30). The van der Waals surface area contributed by atoms with E-state index < -0.39 is 0 Å². The smallest absolute Gasteiger partial charge is 0.255 e. The second-order valence-corrected chi connectivity index (χ2v) is 9.80. The van der Waals surface area contributed by atoms with Crippen molar-refractivity contribution < 1.29 is 42.7 Å². The average molecular weight is 538 g/mol. The van der Waals surface area contributed by atoms with Crippen molar-refractivity contribution in [1.29, 1.82) is 0 Å². The summed E-state index contributed by atoms with van der Waals surface area (Å²) in [5.41, 5.74) is 0.486. The Kier molecular flexibility index (Phi) is 12.9. The molecule has 1 aromatic carbocycles. The second-order valence-electron chi connectivity index (χ2n) is 9.80. The van der Waals surface area contributed by atoms with Crippen LogP contribution in [0.25, 0.3) is 0 Å². The molecule has 10 nitrogen and oxygen atoms in total. The minimum atomic E-state index is -0.166. The molecule has 3 unspecified atom stereocenters. The van der Waals surface area contributed by atoms with Crippen molar-refractivity contribution in [3.8, 4) is 11.5 Å². The molecule has 3 fully saturated rings. The molecule has 3 aliphatic rings. The number of nitrogens with one attached hydrogen (secondary N) is 1. The Bertz CT molecular complexity index is 812. The summed E-state index contributed by atoms with van der Waals surface area (Å²) in [6, 6.07) is 5.47. The maximum atomic E-state index is 13.0.